The minimum absolute atomic E-state index is 0.0198. The third kappa shape index (κ3) is 4.24. The van der Waals surface area contributed by atoms with Crippen LogP contribution in [0.1, 0.15) is 26.3 Å². The molecule has 9 nitrogen and oxygen atoms in total. The summed E-state index contributed by atoms with van der Waals surface area (Å²) in [7, 11) is -3.93. The highest BCUT2D eigenvalue weighted by atomic mass is 32.2. The monoisotopic (exact) mass is 436 g/mol. The average Bonchev–Trinajstić information content (AvgIpc) is 2.64. The topological polar surface area (TPSA) is 130 Å². The van der Waals surface area contributed by atoms with E-state index in [-0.39, 0.29) is 17.7 Å². The fourth-order valence-corrected chi connectivity index (χ4v) is 5.48. The van der Waals surface area contributed by atoms with E-state index in [0.29, 0.717) is 5.56 Å². The summed E-state index contributed by atoms with van der Waals surface area (Å²) in [6.07, 6.45) is -0.0198. The molecule has 2 aliphatic heterocycles. The van der Waals surface area contributed by atoms with Crippen molar-refractivity contribution in [3.8, 4) is 0 Å². The first-order chi connectivity index (χ1) is 13.9. The quantitative estimate of drug-likeness (QED) is 0.487. The van der Waals surface area contributed by atoms with Crippen LogP contribution in [0.3, 0.4) is 0 Å². The molecule has 0 bridgehead atoms. The van der Waals surface area contributed by atoms with E-state index in [1.807, 2.05) is 0 Å². The number of hydrogen-bond acceptors (Lipinski definition) is 7. The molecule has 0 radical (unpaired) electrons. The van der Waals surface area contributed by atoms with Crippen LogP contribution in [-0.2, 0) is 35.4 Å². The van der Waals surface area contributed by atoms with Crippen molar-refractivity contribution in [3.05, 3.63) is 47.2 Å². The van der Waals surface area contributed by atoms with Crippen LogP contribution >= 0.6 is 0 Å². The molecule has 1 aromatic rings. The van der Waals surface area contributed by atoms with Crippen LogP contribution in [0, 0.1) is 0 Å². The lowest BCUT2D eigenvalue weighted by molar-refractivity contribution is -0.159. The Morgan fingerprint density at radius 1 is 1.23 bits per heavy atom. The Bertz CT molecular complexity index is 1010. The number of sulfone groups is 1. The van der Waals surface area contributed by atoms with Crippen LogP contribution in [0.15, 0.2) is 41.6 Å². The predicted molar refractivity (Wildman–Crippen MR) is 106 cm³/mol. The van der Waals surface area contributed by atoms with Crippen molar-refractivity contribution in [3.63, 3.8) is 0 Å². The first-order valence-electron chi connectivity index (χ1n) is 9.39. The van der Waals surface area contributed by atoms with E-state index in [9.17, 15) is 27.9 Å². The Morgan fingerprint density at radius 2 is 1.87 bits per heavy atom. The molecule has 0 saturated carbocycles. The molecule has 2 atom stereocenters. The van der Waals surface area contributed by atoms with Crippen molar-refractivity contribution in [1.82, 2.24) is 10.2 Å². The molecule has 2 heterocycles. The van der Waals surface area contributed by atoms with Gasteiger partial charge in [0.05, 0.1) is 18.8 Å². The van der Waals surface area contributed by atoms with Gasteiger partial charge in [0.25, 0.3) is 5.91 Å². The zero-order valence-electron chi connectivity index (χ0n) is 16.9. The van der Waals surface area contributed by atoms with Gasteiger partial charge in [-0.15, -0.1) is 0 Å². The summed E-state index contributed by atoms with van der Waals surface area (Å²) < 4.78 is 30.7. The summed E-state index contributed by atoms with van der Waals surface area (Å²) in [4.78, 5) is 38.5. The summed E-state index contributed by atoms with van der Waals surface area (Å²) in [6, 6.07) is 7.50. The number of amides is 2. The van der Waals surface area contributed by atoms with E-state index in [4.69, 9.17) is 4.74 Å². The number of nitrogens with zero attached hydrogens (tertiary/aromatic N) is 1. The van der Waals surface area contributed by atoms with Gasteiger partial charge in [-0.25, -0.2) is 13.2 Å². The molecule has 0 spiro atoms. The summed E-state index contributed by atoms with van der Waals surface area (Å²) >= 11 is 0. The maximum absolute atomic E-state index is 12.7. The third-order valence-electron chi connectivity index (χ3n) is 4.67. The lowest BCUT2D eigenvalue weighted by Gasteiger charge is -2.49. The van der Waals surface area contributed by atoms with Gasteiger partial charge in [-0.2, -0.15) is 0 Å². The van der Waals surface area contributed by atoms with Crippen LogP contribution in [0.4, 0.5) is 0 Å². The summed E-state index contributed by atoms with van der Waals surface area (Å²) in [5, 5.41) is 10.6. The lowest BCUT2D eigenvalue weighted by atomic mass is 10.0. The molecule has 0 unspecified atom stereocenters. The molecule has 2 aliphatic rings. The van der Waals surface area contributed by atoms with Crippen molar-refractivity contribution < 1.29 is 32.6 Å². The van der Waals surface area contributed by atoms with Crippen LogP contribution in [0.2, 0.25) is 0 Å². The Labute approximate surface area is 174 Å². The minimum atomic E-state index is -3.93. The number of carbonyl (C=O) groups is 3. The lowest BCUT2D eigenvalue weighted by Crippen LogP contribution is -2.75. The molecule has 2 amide bonds. The smallest absolute Gasteiger partial charge is 0.355 e. The van der Waals surface area contributed by atoms with Crippen molar-refractivity contribution in [1.29, 1.82) is 0 Å². The van der Waals surface area contributed by atoms with Gasteiger partial charge in [-0.1, -0.05) is 30.3 Å². The zero-order chi connectivity index (χ0) is 22.3. The maximum atomic E-state index is 12.7. The number of esters is 1. The van der Waals surface area contributed by atoms with Gasteiger partial charge < -0.3 is 15.2 Å². The van der Waals surface area contributed by atoms with Crippen LogP contribution < -0.4 is 5.32 Å². The highest BCUT2D eigenvalue weighted by Gasteiger charge is 2.60. The fraction of sp³-hybridized carbons (Fsp3) is 0.450. The molecular weight excluding hydrogens is 412 g/mol. The van der Waals surface area contributed by atoms with Gasteiger partial charge in [-0.3, -0.25) is 14.5 Å². The molecular formula is C20H24N2O7S. The standard InChI is InChI=1S/C20H24N2O7S/c1-20(2,3)29-19(26)16-13(10-23)11-30(27,28)18-15(17(25)22(16)18)21-14(24)9-12-7-5-4-6-8-12/h4-8,15,18,23H,9-11H2,1-3H3,(H,21,24)/t15-,18-/m1/s1. The number of hydrogen-bond donors (Lipinski definition) is 2. The SMILES string of the molecule is CC(C)(C)OC(=O)C1=C(CO)CS(=O)(=O)[C@@H]2[C@H](NC(=O)Cc3ccccc3)C(=O)N12. The first-order valence-corrected chi connectivity index (χ1v) is 11.1. The van der Waals surface area contributed by atoms with E-state index < -0.39 is 57.0 Å². The predicted octanol–water partition coefficient (Wildman–Crippen LogP) is -0.101. The largest absolute Gasteiger partial charge is 0.455 e. The number of benzene rings is 1. The van der Waals surface area contributed by atoms with Crippen LogP contribution in [0.5, 0.6) is 0 Å². The maximum Gasteiger partial charge on any atom is 0.355 e. The summed E-state index contributed by atoms with van der Waals surface area (Å²) in [6.45, 7) is 4.18. The normalized spacial score (nSPS) is 22.8. The van der Waals surface area contributed by atoms with Gasteiger partial charge in [-0.05, 0) is 26.3 Å². The minimum Gasteiger partial charge on any atom is -0.455 e. The number of fused-ring (bicyclic) bond motifs is 1. The second-order valence-electron chi connectivity index (χ2n) is 8.23. The second kappa shape index (κ2) is 7.84. The molecule has 1 fully saturated rings. The number of aliphatic hydroxyl groups is 1. The first kappa shape index (κ1) is 22.0. The Hall–Kier alpha value is -2.72. The summed E-state index contributed by atoms with van der Waals surface area (Å²) in [5.41, 5.74) is -0.552. The number of aliphatic hydroxyl groups excluding tert-OH is 1. The molecule has 30 heavy (non-hydrogen) atoms. The van der Waals surface area contributed by atoms with E-state index >= 15 is 0 Å². The third-order valence-corrected chi connectivity index (χ3v) is 6.64. The molecule has 0 aromatic heterocycles. The molecule has 0 aliphatic carbocycles. The van der Waals surface area contributed by atoms with Crippen molar-refractivity contribution >= 4 is 27.6 Å². The van der Waals surface area contributed by atoms with Gasteiger partial charge in [0.15, 0.2) is 15.2 Å². The van der Waals surface area contributed by atoms with Crippen molar-refractivity contribution in [2.75, 3.05) is 12.4 Å². The van der Waals surface area contributed by atoms with E-state index in [0.717, 1.165) is 4.90 Å². The zero-order valence-corrected chi connectivity index (χ0v) is 17.7. The van der Waals surface area contributed by atoms with E-state index in [1.54, 1.807) is 51.1 Å². The average molecular weight is 436 g/mol. The molecule has 1 aromatic carbocycles. The second-order valence-corrected chi connectivity index (χ2v) is 10.3. The van der Waals surface area contributed by atoms with Crippen LogP contribution in [0.25, 0.3) is 0 Å². The Morgan fingerprint density at radius 3 is 2.43 bits per heavy atom. The van der Waals surface area contributed by atoms with Crippen molar-refractivity contribution in [2.45, 2.75) is 44.2 Å². The molecule has 2 N–H and O–H groups in total. The van der Waals surface area contributed by atoms with Crippen LogP contribution in [-0.4, -0.2) is 65.6 Å². The van der Waals surface area contributed by atoms with Gasteiger partial charge in [0.2, 0.25) is 5.91 Å². The highest BCUT2D eigenvalue weighted by molar-refractivity contribution is 7.92. The van der Waals surface area contributed by atoms with Gasteiger partial charge >= 0.3 is 5.97 Å². The summed E-state index contributed by atoms with van der Waals surface area (Å²) in [5.74, 6) is -2.74. The number of carbonyl (C=O) groups excluding carboxylic acids is 3. The molecule has 162 valence electrons. The fourth-order valence-electron chi connectivity index (χ4n) is 3.46. The van der Waals surface area contributed by atoms with Crippen molar-refractivity contribution in [2.24, 2.45) is 0 Å². The Kier molecular flexibility index (Phi) is 5.74. The van der Waals surface area contributed by atoms with Gasteiger partial charge in [0, 0.05) is 5.57 Å². The Balaban J connectivity index is 1.85. The number of β-lactam (4-membered cyclic amide) rings is 1. The number of rotatable bonds is 5. The van der Waals surface area contributed by atoms with E-state index in [1.165, 1.54) is 0 Å². The van der Waals surface area contributed by atoms with Gasteiger partial charge in [0.1, 0.15) is 17.3 Å². The highest BCUT2D eigenvalue weighted by Crippen LogP contribution is 2.37. The molecule has 1 saturated heterocycles. The number of nitrogens with one attached hydrogen (secondary N) is 1. The van der Waals surface area contributed by atoms with E-state index in [2.05, 4.69) is 5.32 Å². The molecule has 10 heteroatoms. The molecule has 3 rings (SSSR count). The number of ether oxygens (including phenoxy) is 1.